The molecular weight excluding hydrogens is 332 g/mol. The molecule has 4 nitrogen and oxygen atoms in total. The van der Waals surface area contributed by atoms with Crippen LogP contribution in [0.5, 0.6) is 0 Å². The van der Waals surface area contributed by atoms with Gasteiger partial charge in [-0.1, -0.05) is 44.2 Å². The second-order valence-corrected chi connectivity index (χ2v) is 7.36. The molecule has 0 fully saturated rings. The topological polar surface area (TPSA) is 41.7 Å². The van der Waals surface area contributed by atoms with Crippen molar-refractivity contribution in [3.05, 3.63) is 53.7 Å². The van der Waals surface area contributed by atoms with E-state index in [1.54, 1.807) is 11.3 Å². The molecule has 0 aliphatic heterocycles. The van der Waals surface area contributed by atoms with E-state index in [-0.39, 0.29) is 12.3 Å². The van der Waals surface area contributed by atoms with E-state index in [0.29, 0.717) is 13.1 Å². The van der Waals surface area contributed by atoms with Crippen molar-refractivity contribution in [2.24, 2.45) is 0 Å². The van der Waals surface area contributed by atoms with Gasteiger partial charge in [0.05, 0.1) is 4.83 Å². The van der Waals surface area contributed by atoms with Gasteiger partial charge in [0, 0.05) is 22.8 Å². The third-order valence-electron chi connectivity index (χ3n) is 4.50. The zero-order valence-corrected chi connectivity index (χ0v) is 15.6. The van der Waals surface area contributed by atoms with Crippen molar-refractivity contribution in [2.75, 3.05) is 13.1 Å². The summed E-state index contributed by atoms with van der Waals surface area (Å²) in [7, 11) is 0. The fraction of sp³-hybridized carbons (Fsp3) is 0.350. The van der Waals surface area contributed by atoms with Gasteiger partial charge in [0.2, 0.25) is 0 Å². The molecule has 1 amide bonds. The van der Waals surface area contributed by atoms with E-state index < -0.39 is 4.65 Å². The number of hydrogen-bond acceptors (Lipinski definition) is 3. The summed E-state index contributed by atoms with van der Waals surface area (Å²) in [5.41, 5.74) is 3.25. The van der Waals surface area contributed by atoms with Crippen molar-refractivity contribution in [1.29, 1.82) is 0 Å². The van der Waals surface area contributed by atoms with Gasteiger partial charge in [0.15, 0.2) is 0 Å². The molecule has 0 spiro atoms. The van der Waals surface area contributed by atoms with Gasteiger partial charge >= 0.3 is 5.91 Å². The van der Waals surface area contributed by atoms with Crippen LogP contribution in [-0.2, 0) is 11.2 Å². The van der Waals surface area contributed by atoms with E-state index in [1.807, 2.05) is 37.4 Å². The monoisotopic (exact) mass is 357 g/mol. The Morgan fingerprint density at radius 2 is 1.80 bits per heavy atom. The molecule has 0 bridgehead atoms. The van der Waals surface area contributed by atoms with Crippen molar-refractivity contribution < 1.29 is 14.6 Å². The average molecular weight is 357 g/mol. The molecule has 25 heavy (non-hydrogen) atoms. The molecule has 0 radical (unpaired) electrons. The molecule has 5 heteroatoms. The highest BCUT2D eigenvalue weighted by Crippen LogP contribution is 2.27. The number of rotatable bonds is 7. The Kier molecular flexibility index (Phi) is 5.37. The summed E-state index contributed by atoms with van der Waals surface area (Å²) in [6.45, 7) is 4.93. The lowest BCUT2D eigenvalue weighted by molar-refractivity contribution is -1.04. The molecule has 0 saturated heterocycles. The summed E-state index contributed by atoms with van der Waals surface area (Å²) in [5.74, 6) is -0.127. The van der Waals surface area contributed by atoms with E-state index in [2.05, 4.69) is 28.8 Å². The zero-order valence-electron chi connectivity index (χ0n) is 14.8. The van der Waals surface area contributed by atoms with Crippen molar-refractivity contribution in [2.45, 2.75) is 33.1 Å². The molecule has 1 aromatic carbocycles. The van der Waals surface area contributed by atoms with Gasteiger partial charge in [-0.15, -0.1) is 16.0 Å². The largest absolute Gasteiger partial charge is 0.351 e. The summed E-state index contributed by atoms with van der Waals surface area (Å²) >= 11 is 1.63. The standard InChI is InChI=1S/C20H25N2O2S/c1-3-10-22(24,11-4-2)20(23)13-18-15-25-19-12-17(14-21(18)19)16-8-6-5-7-9-16/h5-9,12,14-15,24H,3-4,10-11,13H2,1-2H3/q+1. The van der Waals surface area contributed by atoms with Gasteiger partial charge in [0.1, 0.15) is 19.5 Å². The van der Waals surface area contributed by atoms with Gasteiger partial charge < -0.3 is 4.40 Å². The van der Waals surface area contributed by atoms with Crippen LogP contribution in [0.25, 0.3) is 16.0 Å². The second-order valence-electron chi connectivity index (χ2n) is 6.47. The number of nitrogens with zero attached hydrogens (tertiary/aromatic N) is 2. The minimum absolute atomic E-state index is 0.127. The number of carbonyl (C=O) groups is 1. The number of thiazole rings is 1. The molecule has 132 valence electrons. The van der Waals surface area contributed by atoms with Gasteiger partial charge in [-0.25, -0.2) is 10.0 Å². The van der Waals surface area contributed by atoms with E-state index >= 15 is 0 Å². The quantitative estimate of drug-likeness (QED) is 0.376. The number of amides is 1. The first-order valence-electron chi connectivity index (χ1n) is 8.84. The molecule has 2 heterocycles. The number of quaternary nitrogens is 1. The van der Waals surface area contributed by atoms with Crippen LogP contribution in [0, 0.1) is 0 Å². The van der Waals surface area contributed by atoms with Crippen LogP contribution in [0.3, 0.4) is 0 Å². The summed E-state index contributed by atoms with van der Waals surface area (Å²) in [6.07, 6.45) is 3.89. The number of aromatic nitrogens is 1. The summed E-state index contributed by atoms with van der Waals surface area (Å²) < 4.78 is 1.62. The molecule has 0 atom stereocenters. The highest BCUT2D eigenvalue weighted by molar-refractivity contribution is 7.15. The Labute approximate surface area is 152 Å². The van der Waals surface area contributed by atoms with E-state index in [9.17, 15) is 10.0 Å². The lowest BCUT2D eigenvalue weighted by atomic mass is 10.1. The molecule has 0 aliphatic carbocycles. The van der Waals surface area contributed by atoms with Crippen LogP contribution in [0.1, 0.15) is 32.4 Å². The maximum absolute atomic E-state index is 12.7. The summed E-state index contributed by atoms with van der Waals surface area (Å²) in [5, 5.41) is 12.7. The number of hydrogen-bond donors (Lipinski definition) is 1. The van der Waals surface area contributed by atoms with Gasteiger partial charge in [-0.3, -0.25) is 0 Å². The smallest absolute Gasteiger partial charge is 0.310 e. The highest BCUT2D eigenvalue weighted by Gasteiger charge is 2.34. The number of fused-ring (bicyclic) bond motifs is 1. The van der Waals surface area contributed by atoms with Crippen LogP contribution < -0.4 is 0 Å². The molecule has 3 aromatic rings. The Hall–Kier alpha value is -1.95. The lowest BCUT2D eigenvalue weighted by Crippen LogP contribution is -2.51. The molecular formula is C20H25N2O2S+. The molecule has 3 rings (SSSR count). The third kappa shape index (κ3) is 3.68. The highest BCUT2D eigenvalue weighted by atomic mass is 32.1. The zero-order chi connectivity index (χ0) is 17.9. The summed E-state index contributed by atoms with van der Waals surface area (Å²) in [6, 6.07) is 12.4. The fourth-order valence-electron chi connectivity index (χ4n) is 3.26. The van der Waals surface area contributed by atoms with Crippen LogP contribution in [0.4, 0.5) is 0 Å². The Balaban J connectivity index is 1.86. The van der Waals surface area contributed by atoms with Crippen LogP contribution in [-0.4, -0.2) is 33.3 Å². The minimum atomic E-state index is -0.461. The lowest BCUT2D eigenvalue weighted by Gasteiger charge is -2.26. The van der Waals surface area contributed by atoms with Gasteiger partial charge in [0.25, 0.3) is 0 Å². The fourth-order valence-corrected chi connectivity index (χ4v) is 4.19. The Bertz CT molecular complexity index is 845. The SMILES string of the molecule is CCC[N+](O)(CCC)C(=O)Cc1csc2cc(-c3ccccc3)cn12. The van der Waals surface area contributed by atoms with Crippen molar-refractivity contribution in [1.82, 2.24) is 4.40 Å². The number of carbonyl (C=O) groups excluding carboxylic acids is 1. The van der Waals surface area contributed by atoms with Crippen molar-refractivity contribution in [3.63, 3.8) is 0 Å². The van der Waals surface area contributed by atoms with Gasteiger partial charge in [-0.2, -0.15) is 0 Å². The molecule has 1 N–H and O–H groups in total. The van der Waals surface area contributed by atoms with E-state index in [4.69, 9.17) is 0 Å². The average Bonchev–Trinajstić information content (AvgIpc) is 3.18. The molecule has 0 saturated carbocycles. The molecule has 2 aromatic heterocycles. The van der Waals surface area contributed by atoms with E-state index in [1.165, 1.54) is 5.56 Å². The van der Waals surface area contributed by atoms with Crippen LogP contribution in [0.15, 0.2) is 48.0 Å². The van der Waals surface area contributed by atoms with Crippen molar-refractivity contribution >= 4 is 22.1 Å². The maximum atomic E-state index is 12.7. The summed E-state index contributed by atoms with van der Waals surface area (Å²) in [4.78, 5) is 13.9. The van der Waals surface area contributed by atoms with Crippen LogP contribution >= 0.6 is 11.3 Å². The molecule has 0 aliphatic rings. The minimum Gasteiger partial charge on any atom is -0.310 e. The first-order chi connectivity index (χ1) is 12.1. The maximum Gasteiger partial charge on any atom is 0.351 e. The van der Waals surface area contributed by atoms with Gasteiger partial charge in [-0.05, 0) is 24.5 Å². The number of benzene rings is 1. The number of hydroxylamine groups is 3. The third-order valence-corrected chi connectivity index (χ3v) is 5.45. The second kappa shape index (κ2) is 7.52. The normalized spacial score (nSPS) is 12.0. The first-order valence-corrected chi connectivity index (χ1v) is 9.72. The van der Waals surface area contributed by atoms with Crippen molar-refractivity contribution in [3.8, 4) is 11.1 Å². The predicted octanol–water partition coefficient (Wildman–Crippen LogP) is 4.76. The molecule has 0 unspecified atom stereocenters. The first kappa shape index (κ1) is 17.9. The Morgan fingerprint density at radius 1 is 1.12 bits per heavy atom. The Morgan fingerprint density at radius 3 is 2.44 bits per heavy atom. The van der Waals surface area contributed by atoms with Crippen LogP contribution in [0.2, 0.25) is 0 Å². The predicted molar refractivity (Wildman–Crippen MR) is 102 cm³/mol. The van der Waals surface area contributed by atoms with E-state index in [0.717, 1.165) is 28.9 Å².